The van der Waals surface area contributed by atoms with E-state index in [1.165, 1.54) is 24.4 Å². The molecule has 0 spiro atoms. The molecule has 1 aromatic heterocycles. The van der Waals surface area contributed by atoms with Gasteiger partial charge in [-0.25, -0.2) is 10.1 Å². The number of benzene rings is 1. The second-order valence-electron chi connectivity index (χ2n) is 3.69. The van der Waals surface area contributed by atoms with E-state index >= 15 is 0 Å². The highest BCUT2D eigenvalue weighted by molar-refractivity contribution is 6.30. The van der Waals surface area contributed by atoms with Crippen LogP contribution < -0.4 is 11.2 Å². The number of nitrogens with two attached hydrogens (primary N) is 1. The molecule has 9 nitrogen and oxygen atoms in total. The maximum Gasteiger partial charge on any atom is 0.261 e. The van der Waals surface area contributed by atoms with Crippen LogP contribution in [0.4, 0.5) is 5.95 Å². The smallest absolute Gasteiger partial charge is 0.261 e. The number of hydrogen-bond donors (Lipinski definition) is 3. The molecule has 0 unspecified atom stereocenters. The number of phenols is 1. The van der Waals surface area contributed by atoms with Crippen molar-refractivity contribution in [1.82, 2.24) is 25.6 Å². The number of tetrazole rings is 1. The number of phenolic OH excluding ortho intramolecular Hbond substituents is 1. The van der Waals surface area contributed by atoms with Gasteiger partial charge in [-0.1, -0.05) is 16.7 Å². The zero-order valence-electron chi connectivity index (χ0n) is 10.1. The Morgan fingerprint density at radius 2 is 2.40 bits per heavy atom. The summed E-state index contributed by atoms with van der Waals surface area (Å²) in [7, 11) is 0. The molecule has 0 aliphatic heterocycles. The predicted molar refractivity (Wildman–Crippen MR) is 71.1 cm³/mol. The zero-order chi connectivity index (χ0) is 14.5. The van der Waals surface area contributed by atoms with Gasteiger partial charge in [0.25, 0.3) is 5.91 Å². The van der Waals surface area contributed by atoms with Crippen LogP contribution >= 0.6 is 11.6 Å². The minimum absolute atomic E-state index is 0.00267. The molecule has 104 valence electrons. The Balaban J connectivity index is 1.94. The second kappa shape index (κ2) is 5.97. The van der Waals surface area contributed by atoms with Crippen LogP contribution in [0.5, 0.6) is 5.75 Å². The summed E-state index contributed by atoms with van der Waals surface area (Å²) in [5.74, 6) is -0.449. The summed E-state index contributed by atoms with van der Waals surface area (Å²) >= 11 is 5.77. The van der Waals surface area contributed by atoms with E-state index in [-0.39, 0.29) is 18.2 Å². The number of aromatic nitrogens is 4. The van der Waals surface area contributed by atoms with Gasteiger partial charge < -0.3 is 10.8 Å². The van der Waals surface area contributed by atoms with Gasteiger partial charge in [0.1, 0.15) is 12.3 Å². The lowest BCUT2D eigenvalue weighted by molar-refractivity contribution is -0.121. The van der Waals surface area contributed by atoms with Crippen molar-refractivity contribution in [2.24, 2.45) is 5.10 Å². The molecule has 1 heterocycles. The number of halogens is 1. The molecule has 0 aliphatic rings. The average molecular weight is 296 g/mol. The molecule has 0 saturated carbocycles. The molecule has 0 bridgehead atoms. The van der Waals surface area contributed by atoms with Crippen LogP contribution in [-0.4, -0.2) is 37.4 Å². The summed E-state index contributed by atoms with van der Waals surface area (Å²) in [6.45, 7) is -0.169. The summed E-state index contributed by atoms with van der Waals surface area (Å²) in [5, 5.41) is 23.9. The third kappa shape index (κ3) is 3.42. The Kier molecular flexibility index (Phi) is 4.11. The normalized spacial score (nSPS) is 10.8. The number of carbonyl (C=O) groups excluding carboxylic acids is 1. The van der Waals surface area contributed by atoms with Gasteiger partial charge in [-0.15, -0.1) is 0 Å². The van der Waals surface area contributed by atoms with Gasteiger partial charge in [0.05, 0.1) is 6.21 Å². The molecule has 0 aliphatic carbocycles. The summed E-state index contributed by atoms with van der Waals surface area (Å²) in [6.07, 6.45) is 1.27. The van der Waals surface area contributed by atoms with Crippen molar-refractivity contribution in [3.8, 4) is 5.75 Å². The Morgan fingerprint density at radius 1 is 1.60 bits per heavy atom. The number of aromatic hydroxyl groups is 1. The van der Waals surface area contributed by atoms with E-state index in [0.29, 0.717) is 10.6 Å². The van der Waals surface area contributed by atoms with Crippen molar-refractivity contribution < 1.29 is 9.90 Å². The number of nitrogens with one attached hydrogen (secondary N) is 1. The monoisotopic (exact) mass is 295 g/mol. The number of amides is 1. The highest BCUT2D eigenvalue weighted by atomic mass is 35.5. The molecule has 0 fully saturated rings. The van der Waals surface area contributed by atoms with Gasteiger partial charge in [0, 0.05) is 10.6 Å². The van der Waals surface area contributed by atoms with Crippen molar-refractivity contribution in [2.45, 2.75) is 6.54 Å². The third-order valence-corrected chi connectivity index (χ3v) is 2.47. The molecule has 0 radical (unpaired) electrons. The van der Waals surface area contributed by atoms with Gasteiger partial charge in [0.15, 0.2) is 0 Å². The molecular weight excluding hydrogens is 286 g/mol. The molecule has 2 rings (SSSR count). The van der Waals surface area contributed by atoms with Crippen molar-refractivity contribution in [2.75, 3.05) is 5.73 Å². The number of hydrazone groups is 1. The molecule has 0 saturated heterocycles. The molecule has 2 aromatic rings. The van der Waals surface area contributed by atoms with Crippen molar-refractivity contribution in [1.29, 1.82) is 0 Å². The SMILES string of the molecule is Nc1nnnn1CC(=O)NN=Cc1cc(Cl)ccc1O. The quantitative estimate of drug-likeness (QED) is 0.527. The van der Waals surface area contributed by atoms with Crippen LogP contribution in [0, 0.1) is 0 Å². The molecule has 1 amide bonds. The van der Waals surface area contributed by atoms with Gasteiger partial charge in [-0.05, 0) is 28.6 Å². The molecule has 0 atom stereocenters. The van der Waals surface area contributed by atoms with Crippen molar-refractivity contribution in [3.63, 3.8) is 0 Å². The van der Waals surface area contributed by atoms with Gasteiger partial charge in [0.2, 0.25) is 5.95 Å². The summed E-state index contributed by atoms with van der Waals surface area (Å²) in [5.41, 5.74) is 8.03. The predicted octanol–water partition coefficient (Wildman–Crippen LogP) is -0.235. The lowest BCUT2D eigenvalue weighted by Crippen LogP contribution is -2.24. The zero-order valence-corrected chi connectivity index (χ0v) is 10.8. The fourth-order valence-electron chi connectivity index (χ4n) is 1.30. The minimum Gasteiger partial charge on any atom is -0.507 e. The van der Waals surface area contributed by atoms with Crippen LogP contribution in [0.1, 0.15) is 5.56 Å². The van der Waals surface area contributed by atoms with E-state index in [2.05, 4.69) is 26.1 Å². The minimum atomic E-state index is -0.471. The lowest BCUT2D eigenvalue weighted by Gasteiger charge is -2.01. The molecule has 1 aromatic carbocycles. The summed E-state index contributed by atoms with van der Waals surface area (Å²) in [6, 6.07) is 4.46. The van der Waals surface area contributed by atoms with Gasteiger partial charge >= 0.3 is 0 Å². The van der Waals surface area contributed by atoms with Crippen LogP contribution in [0.15, 0.2) is 23.3 Å². The lowest BCUT2D eigenvalue weighted by atomic mass is 10.2. The Bertz CT molecular complexity index is 655. The van der Waals surface area contributed by atoms with Gasteiger partial charge in [-0.2, -0.15) is 5.10 Å². The molecule has 4 N–H and O–H groups in total. The number of nitrogens with zero attached hydrogens (tertiary/aromatic N) is 5. The van der Waals surface area contributed by atoms with Crippen LogP contribution in [-0.2, 0) is 11.3 Å². The Hall–Kier alpha value is -2.68. The highest BCUT2D eigenvalue weighted by Crippen LogP contribution is 2.19. The first-order chi connectivity index (χ1) is 9.56. The standard InChI is InChI=1S/C10H10ClN7O2/c11-7-1-2-8(19)6(3-7)4-13-14-9(20)5-18-10(12)15-16-17-18/h1-4,19H,5H2,(H,14,20)(H2,12,15,17). The molecular formula is C10H10ClN7O2. The first-order valence-corrected chi connectivity index (χ1v) is 5.76. The number of nitrogen functional groups attached to an aromatic ring is 1. The van der Waals surface area contributed by atoms with Crippen LogP contribution in [0.25, 0.3) is 0 Å². The van der Waals surface area contributed by atoms with Gasteiger partial charge in [-0.3, -0.25) is 4.79 Å². The maximum atomic E-state index is 11.5. The summed E-state index contributed by atoms with van der Waals surface area (Å²) < 4.78 is 1.11. The topological polar surface area (TPSA) is 131 Å². The average Bonchev–Trinajstić information content (AvgIpc) is 2.79. The van der Waals surface area contributed by atoms with Crippen LogP contribution in [0.3, 0.4) is 0 Å². The maximum absolute atomic E-state index is 11.5. The molecule has 10 heteroatoms. The van der Waals surface area contributed by atoms with E-state index < -0.39 is 5.91 Å². The van der Waals surface area contributed by atoms with Crippen LogP contribution in [0.2, 0.25) is 5.02 Å². The van der Waals surface area contributed by atoms with Crippen molar-refractivity contribution >= 4 is 29.7 Å². The number of carbonyl (C=O) groups is 1. The Labute approximate surface area is 118 Å². The largest absolute Gasteiger partial charge is 0.507 e. The molecule has 20 heavy (non-hydrogen) atoms. The first-order valence-electron chi connectivity index (χ1n) is 5.38. The van der Waals surface area contributed by atoms with Crippen molar-refractivity contribution in [3.05, 3.63) is 28.8 Å². The van der Waals surface area contributed by atoms with E-state index in [0.717, 1.165) is 4.68 Å². The Morgan fingerprint density at radius 3 is 3.10 bits per heavy atom. The van der Waals surface area contributed by atoms with E-state index in [1.807, 2.05) is 0 Å². The highest BCUT2D eigenvalue weighted by Gasteiger charge is 2.06. The van der Waals surface area contributed by atoms with E-state index in [4.69, 9.17) is 17.3 Å². The number of rotatable bonds is 4. The van der Waals surface area contributed by atoms with E-state index in [1.54, 1.807) is 0 Å². The second-order valence-corrected chi connectivity index (χ2v) is 4.13. The fourth-order valence-corrected chi connectivity index (χ4v) is 1.48. The number of anilines is 1. The number of hydrogen-bond acceptors (Lipinski definition) is 7. The fraction of sp³-hybridized carbons (Fsp3) is 0.100. The third-order valence-electron chi connectivity index (χ3n) is 2.24. The first kappa shape index (κ1) is 13.7. The summed E-state index contributed by atoms with van der Waals surface area (Å²) in [4.78, 5) is 11.5. The van der Waals surface area contributed by atoms with E-state index in [9.17, 15) is 9.90 Å².